The van der Waals surface area contributed by atoms with Crippen LogP contribution in [0.25, 0.3) is 5.52 Å². The topological polar surface area (TPSA) is 85.1 Å². The minimum absolute atomic E-state index is 0.0688. The normalized spacial score (nSPS) is 10.6. The van der Waals surface area contributed by atoms with Crippen molar-refractivity contribution < 1.29 is 4.79 Å². The summed E-state index contributed by atoms with van der Waals surface area (Å²) in [4.78, 5) is 23.7. The van der Waals surface area contributed by atoms with Crippen LogP contribution in [-0.4, -0.2) is 30.5 Å². The molecule has 3 rings (SSSR count). The first-order valence-corrected chi connectivity index (χ1v) is 5.69. The summed E-state index contributed by atoms with van der Waals surface area (Å²) in [5, 5.41) is 6.75. The molecule has 3 aromatic rings. The van der Waals surface area contributed by atoms with Crippen LogP contribution in [0.1, 0.15) is 10.4 Å². The van der Waals surface area contributed by atoms with E-state index in [1.54, 1.807) is 29.2 Å². The Hall–Kier alpha value is -2.54. The van der Waals surface area contributed by atoms with Gasteiger partial charge in [-0.15, -0.1) is 0 Å². The third-order valence-electron chi connectivity index (χ3n) is 2.44. The zero-order valence-electron chi connectivity index (χ0n) is 9.49. The van der Waals surface area contributed by atoms with Crippen LogP contribution in [-0.2, 0) is 0 Å². The van der Waals surface area contributed by atoms with E-state index in [2.05, 4.69) is 25.4 Å². The zero-order chi connectivity index (χ0) is 13.2. The molecule has 0 atom stereocenters. The van der Waals surface area contributed by atoms with Gasteiger partial charge >= 0.3 is 0 Å². The Morgan fingerprint density at radius 1 is 1.32 bits per heavy atom. The largest absolute Gasteiger partial charge is 0.306 e. The maximum absolute atomic E-state index is 12.1. The third kappa shape index (κ3) is 2.23. The van der Waals surface area contributed by atoms with Crippen molar-refractivity contribution in [2.24, 2.45) is 0 Å². The van der Waals surface area contributed by atoms with E-state index in [0.717, 1.165) is 0 Å². The van der Waals surface area contributed by atoms with Gasteiger partial charge in [0.05, 0.1) is 23.5 Å². The van der Waals surface area contributed by atoms with E-state index in [4.69, 9.17) is 11.6 Å². The Kier molecular flexibility index (Phi) is 2.81. The fraction of sp³-hybridized carbons (Fsp3) is 0. The lowest BCUT2D eigenvalue weighted by Gasteiger charge is -2.02. The molecule has 1 N–H and O–H groups in total. The minimum atomic E-state index is -0.335. The molecule has 3 heterocycles. The maximum Gasteiger partial charge on any atom is 0.260 e. The van der Waals surface area contributed by atoms with Crippen LogP contribution in [0.5, 0.6) is 0 Å². The zero-order valence-corrected chi connectivity index (χ0v) is 10.2. The van der Waals surface area contributed by atoms with Crippen LogP contribution in [0, 0.1) is 0 Å². The summed E-state index contributed by atoms with van der Waals surface area (Å²) >= 11 is 5.65. The molecule has 19 heavy (non-hydrogen) atoms. The van der Waals surface area contributed by atoms with Gasteiger partial charge in [-0.2, -0.15) is 5.10 Å². The van der Waals surface area contributed by atoms with Gasteiger partial charge < -0.3 is 5.32 Å². The number of nitrogens with zero attached hydrogens (tertiary/aromatic N) is 5. The SMILES string of the molecule is O=C(Nc1ccnc(Cl)n1)c1cnn2ccncc12. The van der Waals surface area contributed by atoms with Crippen molar-refractivity contribution in [2.45, 2.75) is 0 Å². The number of anilines is 1. The molecule has 0 radical (unpaired) electrons. The molecule has 3 aromatic heterocycles. The second kappa shape index (κ2) is 4.62. The lowest BCUT2D eigenvalue weighted by molar-refractivity contribution is 0.102. The number of halogens is 1. The van der Waals surface area contributed by atoms with Crippen molar-refractivity contribution in [3.8, 4) is 0 Å². The first-order valence-electron chi connectivity index (χ1n) is 5.31. The summed E-state index contributed by atoms with van der Waals surface area (Å²) in [5.41, 5.74) is 1.02. The molecule has 1 amide bonds. The number of nitrogens with one attached hydrogen (secondary N) is 1. The number of hydrogen-bond acceptors (Lipinski definition) is 5. The van der Waals surface area contributed by atoms with Crippen LogP contribution in [0.15, 0.2) is 37.1 Å². The van der Waals surface area contributed by atoms with Crippen LogP contribution in [0.4, 0.5) is 5.82 Å². The summed E-state index contributed by atoms with van der Waals surface area (Å²) in [5.74, 6) is -0.00833. The van der Waals surface area contributed by atoms with Gasteiger partial charge in [0.2, 0.25) is 5.28 Å². The summed E-state index contributed by atoms with van der Waals surface area (Å²) in [6.07, 6.45) is 7.74. The number of carbonyl (C=O) groups excluding carboxylic acids is 1. The predicted molar refractivity (Wildman–Crippen MR) is 68.0 cm³/mol. The average Bonchev–Trinajstić information content (AvgIpc) is 2.82. The van der Waals surface area contributed by atoms with Gasteiger partial charge in [-0.3, -0.25) is 9.78 Å². The Morgan fingerprint density at radius 3 is 3.05 bits per heavy atom. The van der Waals surface area contributed by atoms with Crippen LogP contribution < -0.4 is 5.32 Å². The molecule has 0 aliphatic rings. The molecule has 0 saturated carbocycles. The first-order chi connectivity index (χ1) is 9.24. The molecule has 0 aliphatic heterocycles. The lowest BCUT2D eigenvalue weighted by atomic mass is 10.3. The molecule has 94 valence electrons. The van der Waals surface area contributed by atoms with Crippen molar-refractivity contribution in [1.82, 2.24) is 24.6 Å². The smallest absolute Gasteiger partial charge is 0.260 e. The van der Waals surface area contributed by atoms with Gasteiger partial charge in [0.1, 0.15) is 5.82 Å². The highest BCUT2D eigenvalue weighted by molar-refractivity contribution is 6.28. The highest BCUT2D eigenvalue weighted by Crippen LogP contribution is 2.12. The summed E-state index contributed by atoms with van der Waals surface area (Å²) < 4.78 is 1.56. The molecule has 0 spiro atoms. The number of amides is 1. The minimum Gasteiger partial charge on any atom is -0.306 e. The van der Waals surface area contributed by atoms with Crippen molar-refractivity contribution in [1.29, 1.82) is 0 Å². The molecule has 0 saturated heterocycles. The highest BCUT2D eigenvalue weighted by atomic mass is 35.5. The van der Waals surface area contributed by atoms with Crippen molar-refractivity contribution >= 4 is 28.8 Å². The van der Waals surface area contributed by atoms with E-state index >= 15 is 0 Å². The number of aromatic nitrogens is 5. The van der Waals surface area contributed by atoms with Gasteiger partial charge in [0.25, 0.3) is 5.91 Å². The second-order valence-electron chi connectivity index (χ2n) is 3.63. The molecule has 0 unspecified atom stereocenters. The van der Waals surface area contributed by atoms with Crippen molar-refractivity contribution in [3.63, 3.8) is 0 Å². The Labute approximate surface area is 112 Å². The molecular formula is C11H7ClN6O. The molecule has 8 heteroatoms. The van der Waals surface area contributed by atoms with Gasteiger partial charge in [-0.25, -0.2) is 14.5 Å². The van der Waals surface area contributed by atoms with Gasteiger partial charge in [-0.1, -0.05) is 0 Å². The van der Waals surface area contributed by atoms with Gasteiger partial charge in [0.15, 0.2) is 0 Å². The maximum atomic E-state index is 12.1. The molecule has 0 fully saturated rings. The van der Waals surface area contributed by atoms with E-state index < -0.39 is 0 Å². The number of carbonyl (C=O) groups is 1. The van der Waals surface area contributed by atoms with E-state index in [0.29, 0.717) is 16.9 Å². The lowest BCUT2D eigenvalue weighted by Crippen LogP contribution is -2.13. The summed E-state index contributed by atoms with van der Waals surface area (Å²) in [6.45, 7) is 0. The Morgan fingerprint density at radius 2 is 2.21 bits per heavy atom. The second-order valence-corrected chi connectivity index (χ2v) is 3.97. The van der Waals surface area contributed by atoms with Crippen LogP contribution in [0.2, 0.25) is 5.28 Å². The Balaban J connectivity index is 1.92. The molecule has 0 aliphatic carbocycles. The first kappa shape index (κ1) is 11.5. The van der Waals surface area contributed by atoms with Crippen LogP contribution in [0.3, 0.4) is 0 Å². The molecular weight excluding hydrogens is 268 g/mol. The molecule has 7 nitrogen and oxygen atoms in total. The summed E-state index contributed by atoms with van der Waals surface area (Å²) in [6, 6.07) is 1.55. The Bertz CT molecular complexity index is 756. The molecule has 0 bridgehead atoms. The van der Waals surface area contributed by atoms with E-state index in [9.17, 15) is 4.79 Å². The van der Waals surface area contributed by atoms with E-state index in [1.165, 1.54) is 12.4 Å². The standard InChI is InChI=1S/C11H7ClN6O/c12-11-14-2-1-9(17-11)16-10(19)7-5-15-18-4-3-13-6-8(7)18/h1-6H,(H,14,16,17,19). The quantitative estimate of drug-likeness (QED) is 0.715. The van der Waals surface area contributed by atoms with Crippen molar-refractivity contribution in [2.75, 3.05) is 5.32 Å². The number of hydrogen-bond donors (Lipinski definition) is 1. The van der Waals surface area contributed by atoms with E-state index in [-0.39, 0.29) is 11.2 Å². The molecule has 0 aromatic carbocycles. The number of fused-ring (bicyclic) bond motifs is 1. The number of rotatable bonds is 2. The van der Waals surface area contributed by atoms with Crippen LogP contribution >= 0.6 is 11.6 Å². The average molecular weight is 275 g/mol. The van der Waals surface area contributed by atoms with E-state index in [1.807, 2.05) is 0 Å². The fourth-order valence-corrected chi connectivity index (χ4v) is 1.74. The van der Waals surface area contributed by atoms with Gasteiger partial charge in [0, 0.05) is 18.6 Å². The van der Waals surface area contributed by atoms with Crippen molar-refractivity contribution in [3.05, 3.63) is 47.9 Å². The predicted octanol–water partition coefficient (Wildman–Crippen LogP) is 1.42. The highest BCUT2D eigenvalue weighted by Gasteiger charge is 2.13. The monoisotopic (exact) mass is 274 g/mol. The summed E-state index contributed by atoms with van der Waals surface area (Å²) in [7, 11) is 0. The fourth-order valence-electron chi connectivity index (χ4n) is 1.60. The third-order valence-corrected chi connectivity index (χ3v) is 2.62. The van der Waals surface area contributed by atoms with Gasteiger partial charge in [-0.05, 0) is 17.7 Å².